The molecule has 1 N–H and O–H groups in total. The van der Waals surface area contributed by atoms with Crippen LogP contribution in [0.5, 0.6) is 11.5 Å². The number of ether oxygens (including phenoxy) is 2. The smallest absolute Gasteiger partial charge is 0.328 e. The van der Waals surface area contributed by atoms with Gasteiger partial charge in [0.05, 0.1) is 31.1 Å². The predicted molar refractivity (Wildman–Crippen MR) is 163 cm³/mol. The Kier molecular flexibility index (Phi) is 7.54. The lowest BCUT2D eigenvalue weighted by Crippen LogP contribution is -2.34. The molecule has 0 saturated carbocycles. The number of aromatic amines is 1. The van der Waals surface area contributed by atoms with E-state index in [1.54, 1.807) is 13.3 Å². The van der Waals surface area contributed by atoms with Crippen molar-refractivity contribution in [3.8, 4) is 22.8 Å². The van der Waals surface area contributed by atoms with Gasteiger partial charge in [-0.15, -0.1) is 23.7 Å². The van der Waals surface area contributed by atoms with Gasteiger partial charge in [-0.3, -0.25) is 9.36 Å². The molecule has 0 radical (unpaired) electrons. The predicted octanol–water partition coefficient (Wildman–Crippen LogP) is 4.68. The van der Waals surface area contributed by atoms with Gasteiger partial charge in [0.25, 0.3) is 5.56 Å². The van der Waals surface area contributed by atoms with Crippen molar-refractivity contribution in [2.45, 2.75) is 25.3 Å². The van der Waals surface area contributed by atoms with Crippen LogP contribution in [0.15, 0.2) is 64.3 Å². The lowest BCUT2D eigenvalue weighted by molar-refractivity contribution is 0.209. The van der Waals surface area contributed by atoms with Gasteiger partial charge in [0, 0.05) is 42.6 Å². The Balaban J connectivity index is 0.00000302. The van der Waals surface area contributed by atoms with Crippen molar-refractivity contribution in [2.24, 2.45) is 5.92 Å². The number of hydrogen-bond donors (Lipinski definition) is 1. The lowest BCUT2D eigenvalue weighted by atomic mass is 9.86. The maximum atomic E-state index is 13.3. The Labute approximate surface area is 246 Å². The van der Waals surface area contributed by atoms with Crippen LogP contribution in [0, 0.1) is 5.92 Å². The second kappa shape index (κ2) is 11.3. The van der Waals surface area contributed by atoms with E-state index in [1.807, 2.05) is 48.5 Å². The Bertz CT molecular complexity index is 1820. The second-order valence-corrected chi connectivity index (χ2v) is 11.5. The van der Waals surface area contributed by atoms with Crippen LogP contribution in [0.4, 0.5) is 0 Å². The number of aromatic nitrogens is 4. The molecule has 2 aromatic carbocycles. The summed E-state index contributed by atoms with van der Waals surface area (Å²) >= 11 is 1.28. The van der Waals surface area contributed by atoms with E-state index in [0.717, 1.165) is 56.1 Å². The minimum absolute atomic E-state index is 0. The van der Waals surface area contributed by atoms with Gasteiger partial charge in [-0.2, -0.15) is 0 Å². The zero-order valence-corrected chi connectivity index (χ0v) is 24.2. The van der Waals surface area contributed by atoms with Crippen LogP contribution in [0.25, 0.3) is 31.8 Å². The van der Waals surface area contributed by atoms with Crippen molar-refractivity contribution < 1.29 is 9.47 Å². The molecule has 212 valence electrons. The minimum Gasteiger partial charge on any atom is -0.496 e. The Morgan fingerprint density at radius 3 is 2.73 bits per heavy atom. The van der Waals surface area contributed by atoms with Gasteiger partial charge >= 0.3 is 5.69 Å². The first-order valence-corrected chi connectivity index (χ1v) is 14.4. The summed E-state index contributed by atoms with van der Waals surface area (Å²) < 4.78 is 13.5. The molecular weight excluding hydrogens is 562 g/mol. The van der Waals surface area contributed by atoms with Gasteiger partial charge in [-0.05, 0) is 31.5 Å². The highest BCUT2D eigenvalue weighted by Crippen LogP contribution is 2.46. The first kappa shape index (κ1) is 27.4. The molecule has 5 aromatic rings. The third-order valence-corrected chi connectivity index (χ3v) is 9.15. The third-order valence-electron chi connectivity index (χ3n) is 8.08. The number of nitrogens with one attached hydrogen (secondary N) is 1. The Morgan fingerprint density at radius 2 is 1.90 bits per heavy atom. The topological polar surface area (TPSA) is 102 Å². The number of fused-ring (bicyclic) bond motifs is 6. The van der Waals surface area contributed by atoms with Crippen molar-refractivity contribution in [3.05, 3.63) is 81.1 Å². The van der Waals surface area contributed by atoms with Crippen LogP contribution in [-0.4, -0.2) is 57.8 Å². The van der Waals surface area contributed by atoms with E-state index < -0.39 is 5.69 Å². The molecular formula is C30H30ClN5O4S. The maximum absolute atomic E-state index is 13.3. The molecule has 5 heterocycles. The molecule has 1 fully saturated rings. The third kappa shape index (κ3) is 4.90. The Hall–Kier alpha value is -3.73. The van der Waals surface area contributed by atoms with Crippen molar-refractivity contribution in [1.82, 2.24) is 24.4 Å². The highest BCUT2D eigenvalue weighted by atomic mass is 35.5. The molecule has 0 bridgehead atoms. The largest absolute Gasteiger partial charge is 0.496 e. The van der Waals surface area contributed by atoms with Gasteiger partial charge in [0.1, 0.15) is 26.5 Å². The number of methoxy groups -OCH3 is 1. The van der Waals surface area contributed by atoms with Crippen LogP contribution in [0.3, 0.4) is 0 Å². The molecule has 3 aromatic heterocycles. The van der Waals surface area contributed by atoms with E-state index >= 15 is 0 Å². The van der Waals surface area contributed by atoms with Gasteiger partial charge in [0.2, 0.25) is 0 Å². The quantitative estimate of drug-likeness (QED) is 0.274. The zero-order valence-electron chi connectivity index (χ0n) is 22.5. The van der Waals surface area contributed by atoms with Crippen LogP contribution in [0.2, 0.25) is 0 Å². The average Bonchev–Trinajstić information content (AvgIpc) is 3.58. The van der Waals surface area contributed by atoms with E-state index in [2.05, 4.69) is 14.9 Å². The summed E-state index contributed by atoms with van der Waals surface area (Å²) in [6.45, 7) is 3.93. The molecule has 2 aliphatic heterocycles. The molecule has 7 rings (SSSR count). The molecule has 0 aliphatic carbocycles. The van der Waals surface area contributed by atoms with Crippen LogP contribution in [-0.2, 0) is 6.54 Å². The van der Waals surface area contributed by atoms with Crippen molar-refractivity contribution >= 4 is 44.3 Å². The highest BCUT2D eigenvalue weighted by molar-refractivity contribution is 7.25. The molecule has 0 amide bonds. The van der Waals surface area contributed by atoms with Crippen LogP contribution < -0.4 is 20.7 Å². The van der Waals surface area contributed by atoms with Crippen molar-refractivity contribution in [1.29, 1.82) is 0 Å². The van der Waals surface area contributed by atoms with Gasteiger partial charge in [-0.1, -0.05) is 36.4 Å². The normalized spacial score (nSPS) is 18.1. The number of halogens is 1. The number of hydrogen-bond acceptors (Lipinski definition) is 8. The lowest BCUT2D eigenvalue weighted by Gasteiger charge is -2.29. The maximum Gasteiger partial charge on any atom is 0.328 e. The highest BCUT2D eigenvalue weighted by Gasteiger charge is 2.40. The molecule has 2 aliphatic rings. The summed E-state index contributed by atoms with van der Waals surface area (Å²) in [5, 5.41) is 0. The molecule has 9 nitrogen and oxygen atoms in total. The number of H-pyrrole nitrogens is 1. The number of rotatable bonds is 7. The summed E-state index contributed by atoms with van der Waals surface area (Å²) in [6, 6.07) is 15.7. The Morgan fingerprint density at radius 1 is 1.07 bits per heavy atom. The molecule has 11 heteroatoms. The van der Waals surface area contributed by atoms with Crippen LogP contribution >= 0.6 is 23.7 Å². The fourth-order valence-corrected chi connectivity index (χ4v) is 7.10. The standard InChI is InChI=1S/C30H29N5O4S.ClH/c1-38-22-10-7-11-23-24(22)20-16-34(15-19(20)17-39-23)12-5-6-13-35-29(36)27-25(33-30(35)37)26-28(40-27)31-14-21(32-26)18-8-3-2-4-9-18;/h2-4,7-11,14,19-20H,5-6,12-13,15-17H2,1H3,(H,33,37);1H/t19-,20-;/m1./s1. The molecule has 0 spiro atoms. The zero-order chi connectivity index (χ0) is 27.2. The van der Waals surface area contributed by atoms with E-state index in [0.29, 0.717) is 44.6 Å². The molecule has 41 heavy (non-hydrogen) atoms. The number of nitrogens with zero attached hydrogens (tertiary/aromatic N) is 4. The summed E-state index contributed by atoms with van der Waals surface area (Å²) in [6.07, 6.45) is 3.33. The summed E-state index contributed by atoms with van der Waals surface area (Å²) in [7, 11) is 1.71. The van der Waals surface area contributed by atoms with Crippen LogP contribution in [0.1, 0.15) is 24.3 Å². The van der Waals surface area contributed by atoms with E-state index in [4.69, 9.17) is 14.5 Å². The molecule has 2 atom stereocenters. The number of unbranched alkanes of at least 4 members (excludes halogenated alkanes) is 1. The summed E-state index contributed by atoms with van der Waals surface area (Å²) in [5.41, 5.74) is 3.15. The summed E-state index contributed by atoms with van der Waals surface area (Å²) in [4.78, 5) is 41.6. The number of likely N-dealkylation sites (tertiary alicyclic amines) is 1. The first-order valence-electron chi connectivity index (χ1n) is 13.6. The monoisotopic (exact) mass is 591 g/mol. The number of benzene rings is 2. The number of thiophene rings is 1. The van der Waals surface area contributed by atoms with Gasteiger partial charge < -0.3 is 19.4 Å². The van der Waals surface area contributed by atoms with Gasteiger partial charge in [0.15, 0.2) is 0 Å². The van der Waals surface area contributed by atoms with E-state index in [1.165, 1.54) is 21.5 Å². The summed E-state index contributed by atoms with van der Waals surface area (Å²) in [5.74, 6) is 2.66. The fourth-order valence-electron chi connectivity index (χ4n) is 6.11. The molecule has 0 unspecified atom stereocenters. The first-order chi connectivity index (χ1) is 19.6. The SMILES string of the molecule is COc1cccc2c1[C@@H]1CN(CCCCn3c(=O)[nH]c4c(sc5ncc(-c6ccccc6)nc54)c3=O)C[C@@H]1CO2.Cl. The fraction of sp³-hybridized carbons (Fsp3) is 0.333. The molecule has 1 saturated heterocycles. The van der Waals surface area contributed by atoms with Crippen molar-refractivity contribution in [3.63, 3.8) is 0 Å². The van der Waals surface area contributed by atoms with Crippen molar-refractivity contribution in [2.75, 3.05) is 33.4 Å². The minimum atomic E-state index is -0.405. The second-order valence-electron chi connectivity index (χ2n) is 10.5. The average molecular weight is 592 g/mol. The van der Waals surface area contributed by atoms with Gasteiger partial charge in [-0.25, -0.2) is 14.8 Å². The van der Waals surface area contributed by atoms with E-state index in [-0.39, 0.29) is 18.0 Å². The van der Waals surface area contributed by atoms with E-state index in [9.17, 15) is 9.59 Å².